The summed E-state index contributed by atoms with van der Waals surface area (Å²) < 4.78 is 0. The molecule has 1 aliphatic rings. The zero-order valence-corrected chi connectivity index (χ0v) is 21.9. The zero-order valence-electron chi connectivity index (χ0n) is 21.2. The van der Waals surface area contributed by atoms with Gasteiger partial charge in [-0.1, -0.05) is 88.2 Å². The summed E-state index contributed by atoms with van der Waals surface area (Å²) in [6, 6.07) is 22.4. The number of aliphatic imine (C=N–C) groups is 1. The number of benzene rings is 3. The summed E-state index contributed by atoms with van der Waals surface area (Å²) in [5.74, 6) is -0.0593. The lowest BCUT2D eigenvalue weighted by molar-refractivity contribution is -0.123. The maximum atomic E-state index is 13.9. The topological polar surface area (TPSA) is 61.8 Å². The number of carbonyl (C=O) groups is 2. The highest BCUT2D eigenvalue weighted by molar-refractivity contribution is 6.32. The predicted octanol–water partition coefficient (Wildman–Crippen LogP) is 6.70. The Labute approximate surface area is 218 Å². The summed E-state index contributed by atoms with van der Waals surface area (Å²) >= 11 is 6.40. The molecule has 0 saturated carbocycles. The minimum absolute atomic E-state index is 0.00450. The minimum Gasteiger partial charge on any atom is -0.325 e. The Balaban J connectivity index is 1.72. The van der Waals surface area contributed by atoms with Gasteiger partial charge in [-0.05, 0) is 47.7 Å². The summed E-state index contributed by atoms with van der Waals surface area (Å²) in [7, 11) is 0. The van der Waals surface area contributed by atoms with Gasteiger partial charge in [0.1, 0.15) is 12.6 Å². The van der Waals surface area contributed by atoms with Crippen molar-refractivity contribution in [1.29, 1.82) is 0 Å². The monoisotopic (exact) mass is 501 g/mol. The van der Waals surface area contributed by atoms with Gasteiger partial charge in [0.05, 0.1) is 11.4 Å². The van der Waals surface area contributed by atoms with Crippen molar-refractivity contribution in [2.45, 2.75) is 46.1 Å². The van der Waals surface area contributed by atoms with Crippen LogP contribution in [0.5, 0.6) is 0 Å². The Bertz CT molecular complexity index is 1270. The molecule has 6 heteroatoms. The quantitative estimate of drug-likeness (QED) is 0.391. The Hall–Kier alpha value is -3.44. The van der Waals surface area contributed by atoms with Crippen LogP contribution >= 0.6 is 11.6 Å². The average molecular weight is 502 g/mol. The van der Waals surface area contributed by atoms with E-state index in [1.165, 1.54) is 5.56 Å². The van der Waals surface area contributed by atoms with Crippen molar-refractivity contribution in [3.8, 4) is 0 Å². The lowest BCUT2D eigenvalue weighted by Crippen LogP contribution is -2.44. The maximum absolute atomic E-state index is 13.9. The SMILES string of the molecule is CC[C@H](C)[C@H]1N=C(c2ccccc2)c2cc(Cl)ccc2N(CC(=O)Nc2ccc(C(C)C)cc2)C1=O. The lowest BCUT2D eigenvalue weighted by Gasteiger charge is -2.26. The third-order valence-electron chi connectivity index (χ3n) is 6.68. The second-order valence-electron chi connectivity index (χ2n) is 9.58. The van der Waals surface area contributed by atoms with Gasteiger partial charge in [0.25, 0.3) is 5.91 Å². The van der Waals surface area contributed by atoms with Crippen molar-refractivity contribution in [3.05, 3.63) is 94.5 Å². The molecule has 2 amide bonds. The fraction of sp³-hybridized carbons (Fsp3) is 0.300. The normalized spacial score (nSPS) is 16.3. The highest BCUT2D eigenvalue weighted by atomic mass is 35.5. The molecule has 0 aromatic heterocycles. The highest BCUT2D eigenvalue weighted by Gasteiger charge is 2.35. The maximum Gasteiger partial charge on any atom is 0.252 e. The van der Waals surface area contributed by atoms with Gasteiger partial charge in [-0.25, -0.2) is 0 Å². The van der Waals surface area contributed by atoms with E-state index in [0.29, 0.717) is 28.0 Å². The molecule has 4 rings (SSSR count). The van der Waals surface area contributed by atoms with E-state index in [0.717, 1.165) is 17.5 Å². The van der Waals surface area contributed by atoms with Gasteiger partial charge < -0.3 is 10.2 Å². The van der Waals surface area contributed by atoms with Crippen LogP contribution < -0.4 is 10.2 Å². The number of carbonyl (C=O) groups excluding carboxylic acids is 2. The summed E-state index contributed by atoms with van der Waals surface area (Å²) in [5.41, 5.74) is 4.87. The lowest BCUT2D eigenvalue weighted by atomic mass is 9.98. The van der Waals surface area contributed by atoms with Crippen molar-refractivity contribution in [2.75, 3.05) is 16.8 Å². The van der Waals surface area contributed by atoms with Crippen LogP contribution in [-0.2, 0) is 9.59 Å². The number of rotatable bonds is 7. The van der Waals surface area contributed by atoms with E-state index in [4.69, 9.17) is 16.6 Å². The fourth-order valence-corrected chi connectivity index (χ4v) is 4.53. The van der Waals surface area contributed by atoms with Crippen molar-refractivity contribution < 1.29 is 9.59 Å². The van der Waals surface area contributed by atoms with Gasteiger partial charge in [0.2, 0.25) is 5.91 Å². The van der Waals surface area contributed by atoms with E-state index < -0.39 is 6.04 Å². The molecule has 0 bridgehead atoms. The van der Waals surface area contributed by atoms with Crippen LogP contribution in [0.2, 0.25) is 5.02 Å². The van der Waals surface area contributed by atoms with Crippen molar-refractivity contribution in [1.82, 2.24) is 0 Å². The minimum atomic E-state index is -0.616. The van der Waals surface area contributed by atoms with E-state index in [-0.39, 0.29) is 24.3 Å². The Morgan fingerprint density at radius 3 is 2.36 bits per heavy atom. The molecular formula is C30H32ClN3O2. The van der Waals surface area contributed by atoms with Crippen LogP contribution in [0, 0.1) is 5.92 Å². The Kier molecular flexibility index (Phi) is 7.90. The molecule has 0 spiro atoms. The smallest absolute Gasteiger partial charge is 0.252 e. The highest BCUT2D eigenvalue weighted by Crippen LogP contribution is 2.33. The van der Waals surface area contributed by atoms with Gasteiger partial charge in [-0.3, -0.25) is 14.6 Å². The molecule has 2 atom stereocenters. The second-order valence-corrected chi connectivity index (χ2v) is 10.0. The number of hydrogen-bond acceptors (Lipinski definition) is 3. The predicted molar refractivity (Wildman–Crippen MR) is 148 cm³/mol. The van der Waals surface area contributed by atoms with E-state index in [1.807, 2.05) is 74.5 Å². The molecule has 3 aromatic carbocycles. The van der Waals surface area contributed by atoms with E-state index in [2.05, 4.69) is 19.2 Å². The molecule has 3 aromatic rings. The number of hydrogen-bond donors (Lipinski definition) is 1. The van der Waals surface area contributed by atoms with Gasteiger partial charge in [0, 0.05) is 21.8 Å². The largest absolute Gasteiger partial charge is 0.325 e. The van der Waals surface area contributed by atoms with Crippen LogP contribution in [0.4, 0.5) is 11.4 Å². The van der Waals surface area contributed by atoms with Crippen LogP contribution in [0.3, 0.4) is 0 Å². The Morgan fingerprint density at radius 2 is 1.72 bits per heavy atom. The molecular weight excluding hydrogens is 470 g/mol. The molecule has 0 aliphatic carbocycles. The molecule has 1 aliphatic heterocycles. The summed E-state index contributed by atoms with van der Waals surface area (Å²) in [6.45, 7) is 8.20. The first-order valence-corrected chi connectivity index (χ1v) is 12.8. The summed E-state index contributed by atoms with van der Waals surface area (Å²) in [6.07, 6.45) is 0.779. The molecule has 0 saturated heterocycles. The number of halogens is 1. The van der Waals surface area contributed by atoms with Gasteiger partial charge in [-0.15, -0.1) is 0 Å². The first-order chi connectivity index (χ1) is 17.3. The van der Waals surface area contributed by atoms with Gasteiger partial charge in [-0.2, -0.15) is 0 Å². The fourth-order valence-electron chi connectivity index (χ4n) is 4.35. The number of nitrogens with one attached hydrogen (secondary N) is 1. The number of anilines is 2. The van der Waals surface area contributed by atoms with E-state index >= 15 is 0 Å². The Morgan fingerprint density at radius 1 is 1.03 bits per heavy atom. The number of benzodiazepines with no additional fused rings is 1. The molecule has 0 unspecified atom stereocenters. The second kappa shape index (κ2) is 11.1. The van der Waals surface area contributed by atoms with Crippen molar-refractivity contribution >= 4 is 40.5 Å². The molecule has 5 nitrogen and oxygen atoms in total. The van der Waals surface area contributed by atoms with Gasteiger partial charge >= 0.3 is 0 Å². The van der Waals surface area contributed by atoms with Crippen LogP contribution in [0.15, 0.2) is 77.8 Å². The van der Waals surface area contributed by atoms with E-state index in [1.54, 1.807) is 17.0 Å². The molecule has 186 valence electrons. The molecule has 36 heavy (non-hydrogen) atoms. The first kappa shape index (κ1) is 25.6. The molecule has 0 fully saturated rings. The zero-order chi connectivity index (χ0) is 25.8. The number of amides is 2. The standard InChI is InChI=1S/C30H32ClN3O2/c1-5-20(4)28-30(36)34(18-27(35)32-24-14-11-21(12-15-24)19(2)3)26-16-13-23(31)17-25(26)29(33-28)22-9-7-6-8-10-22/h6-17,19-20,28H,5,18H2,1-4H3,(H,32,35)/t20-,28+/m0/s1. The van der Waals surface area contributed by atoms with E-state index in [9.17, 15) is 9.59 Å². The number of fused-ring (bicyclic) bond motifs is 1. The number of nitrogens with zero attached hydrogens (tertiary/aromatic N) is 2. The van der Waals surface area contributed by atoms with Crippen molar-refractivity contribution in [2.24, 2.45) is 10.9 Å². The van der Waals surface area contributed by atoms with Crippen LogP contribution in [-0.4, -0.2) is 30.1 Å². The first-order valence-electron chi connectivity index (χ1n) is 12.4. The third-order valence-corrected chi connectivity index (χ3v) is 6.92. The van der Waals surface area contributed by atoms with Crippen LogP contribution in [0.1, 0.15) is 56.7 Å². The van der Waals surface area contributed by atoms with Crippen LogP contribution in [0.25, 0.3) is 0 Å². The average Bonchev–Trinajstić information content (AvgIpc) is 2.99. The third kappa shape index (κ3) is 5.52. The molecule has 1 heterocycles. The van der Waals surface area contributed by atoms with Gasteiger partial charge in [0.15, 0.2) is 0 Å². The van der Waals surface area contributed by atoms with Crippen molar-refractivity contribution in [3.63, 3.8) is 0 Å². The summed E-state index contributed by atoms with van der Waals surface area (Å²) in [5, 5.41) is 3.49. The molecule has 1 N–H and O–H groups in total. The molecule has 0 radical (unpaired) electrons. The summed E-state index contributed by atoms with van der Waals surface area (Å²) in [4.78, 5) is 33.6.